The van der Waals surface area contributed by atoms with Gasteiger partial charge >= 0.3 is 0 Å². The Bertz CT molecular complexity index is 469. The summed E-state index contributed by atoms with van der Waals surface area (Å²) in [4.78, 5) is 0. The normalized spacial score (nSPS) is 9.80. The Morgan fingerprint density at radius 1 is 1.20 bits per heavy atom. The SMILES string of the molecule is N#Cc1ccccc1CSc1cccs1. The van der Waals surface area contributed by atoms with Crippen LogP contribution in [0.4, 0.5) is 0 Å². The lowest BCUT2D eigenvalue weighted by Crippen LogP contribution is -1.85. The van der Waals surface area contributed by atoms with Crippen LogP contribution in [0.3, 0.4) is 0 Å². The first-order chi connectivity index (χ1) is 7.40. The van der Waals surface area contributed by atoms with Gasteiger partial charge in [0.2, 0.25) is 0 Å². The topological polar surface area (TPSA) is 23.8 Å². The molecule has 3 heteroatoms. The van der Waals surface area contributed by atoms with E-state index in [1.165, 1.54) is 4.21 Å². The summed E-state index contributed by atoms with van der Waals surface area (Å²) < 4.78 is 1.29. The average molecular weight is 231 g/mol. The first kappa shape index (κ1) is 10.3. The van der Waals surface area contributed by atoms with Crippen LogP contribution < -0.4 is 0 Å². The van der Waals surface area contributed by atoms with Crippen LogP contribution >= 0.6 is 23.1 Å². The van der Waals surface area contributed by atoms with Crippen molar-refractivity contribution in [3.8, 4) is 6.07 Å². The van der Waals surface area contributed by atoms with Gasteiger partial charge in [0.15, 0.2) is 0 Å². The van der Waals surface area contributed by atoms with Crippen LogP contribution in [0.1, 0.15) is 11.1 Å². The lowest BCUT2D eigenvalue weighted by atomic mass is 10.1. The number of nitrogens with zero attached hydrogens (tertiary/aromatic N) is 1. The summed E-state index contributed by atoms with van der Waals surface area (Å²) in [5.74, 6) is 0.865. The molecule has 1 aromatic heterocycles. The highest BCUT2D eigenvalue weighted by Crippen LogP contribution is 2.27. The maximum absolute atomic E-state index is 8.92. The molecule has 15 heavy (non-hydrogen) atoms. The Hall–Kier alpha value is -1.24. The van der Waals surface area contributed by atoms with E-state index in [0.29, 0.717) is 0 Å². The molecular formula is C12H9NS2. The predicted octanol–water partition coefficient (Wildman–Crippen LogP) is 3.91. The van der Waals surface area contributed by atoms with Crippen molar-refractivity contribution in [1.82, 2.24) is 0 Å². The second-order valence-corrected chi connectivity index (χ2v) is 5.21. The fourth-order valence-corrected chi connectivity index (χ4v) is 3.04. The quantitative estimate of drug-likeness (QED) is 0.748. The van der Waals surface area contributed by atoms with Gasteiger partial charge in [0.1, 0.15) is 0 Å². The molecule has 0 amide bonds. The summed E-state index contributed by atoms with van der Waals surface area (Å²) in [5.41, 5.74) is 1.89. The Kier molecular flexibility index (Phi) is 3.44. The molecule has 0 saturated carbocycles. The van der Waals surface area contributed by atoms with Crippen molar-refractivity contribution in [3.63, 3.8) is 0 Å². The van der Waals surface area contributed by atoms with E-state index >= 15 is 0 Å². The molecule has 0 bridgehead atoms. The highest BCUT2D eigenvalue weighted by Gasteiger charge is 2.01. The molecule has 0 N–H and O–H groups in total. The summed E-state index contributed by atoms with van der Waals surface area (Å²) in [7, 11) is 0. The van der Waals surface area contributed by atoms with Gasteiger partial charge in [-0.2, -0.15) is 5.26 Å². The van der Waals surface area contributed by atoms with E-state index in [2.05, 4.69) is 17.5 Å². The first-order valence-electron chi connectivity index (χ1n) is 4.54. The van der Waals surface area contributed by atoms with Crippen LogP contribution in [-0.2, 0) is 5.75 Å². The van der Waals surface area contributed by atoms with Crippen LogP contribution in [0, 0.1) is 11.3 Å². The Balaban J connectivity index is 2.08. The van der Waals surface area contributed by atoms with Crippen molar-refractivity contribution in [3.05, 3.63) is 52.9 Å². The van der Waals surface area contributed by atoms with Gasteiger partial charge in [-0.25, -0.2) is 0 Å². The van der Waals surface area contributed by atoms with Crippen molar-refractivity contribution in [2.45, 2.75) is 9.96 Å². The Morgan fingerprint density at radius 3 is 2.80 bits per heavy atom. The van der Waals surface area contributed by atoms with Crippen molar-refractivity contribution < 1.29 is 0 Å². The number of benzene rings is 1. The first-order valence-corrected chi connectivity index (χ1v) is 6.41. The molecule has 1 heterocycles. The van der Waals surface area contributed by atoms with Gasteiger partial charge in [-0.3, -0.25) is 0 Å². The minimum atomic E-state index is 0.779. The van der Waals surface area contributed by atoms with Crippen molar-refractivity contribution in [1.29, 1.82) is 5.26 Å². The third-order valence-electron chi connectivity index (χ3n) is 2.00. The van der Waals surface area contributed by atoms with E-state index in [1.54, 1.807) is 23.1 Å². The maximum Gasteiger partial charge on any atom is 0.0994 e. The number of hydrogen-bond acceptors (Lipinski definition) is 3. The van der Waals surface area contributed by atoms with Crippen LogP contribution in [0.5, 0.6) is 0 Å². The lowest BCUT2D eigenvalue weighted by Gasteiger charge is -2.01. The largest absolute Gasteiger partial charge is 0.192 e. The van der Waals surface area contributed by atoms with Gasteiger partial charge < -0.3 is 0 Å². The van der Waals surface area contributed by atoms with Gasteiger partial charge in [0, 0.05) is 5.75 Å². The van der Waals surface area contributed by atoms with Crippen molar-refractivity contribution in [2.24, 2.45) is 0 Å². The lowest BCUT2D eigenvalue weighted by molar-refractivity contribution is 1.36. The fourth-order valence-electron chi connectivity index (χ4n) is 1.25. The molecule has 1 nitrogen and oxygen atoms in total. The third-order valence-corrected chi connectivity index (χ3v) is 4.18. The van der Waals surface area contributed by atoms with Crippen LogP contribution in [-0.4, -0.2) is 0 Å². The molecule has 0 aliphatic rings. The van der Waals surface area contributed by atoms with E-state index in [1.807, 2.05) is 30.3 Å². The minimum absolute atomic E-state index is 0.779. The standard InChI is InChI=1S/C12H9NS2/c13-8-10-4-1-2-5-11(10)9-15-12-6-3-7-14-12/h1-7H,9H2. The predicted molar refractivity (Wildman–Crippen MR) is 65.0 cm³/mol. The monoisotopic (exact) mass is 231 g/mol. The smallest absolute Gasteiger partial charge is 0.0994 e. The van der Waals surface area contributed by atoms with Gasteiger partial charge in [-0.15, -0.1) is 23.1 Å². The second-order valence-electron chi connectivity index (χ2n) is 2.99. The Morgan fingerprint density at radius 2 is 2.07 bits per heavy atom. The molecule has 0 atom stereocenters. The molecule has 0 radical (unpaired) electrons. The number of hydrogen-bond donors (Lipinski definition) is 0. The van der Waals surface area contributed by atoms with Crippen molar-refractivity contribution in [2.75, 3.05) is 0 Å². The van der Waals surface area contributed by atoms with Crippen molar-refractivity contribution >= 4 is 23.1 Å². The molecule has 74 valence electrons. The van der Waals surface area contributed by atoms with Gasteiger partial charge in [-0.1, -0.05) is 24.3 Å². The van der Waals surface area contributed by atoms with Crippen LogP contribution in [0.2, 0.25) is 0 Å². The zero-order valence-electron chi connectivity index (χ0n) is 8.01. The molecule has 0 aliphatic heterocycles. The molecule has 2 rings (SSSR count). The van der Waals surface area contributed by atoms with Gasteiger partial charge in [-0.05, 0) is 23.1 Å². The Labute approximate surface area is 97.4 Å². The molecule has 2 aromatic rings. The number of thiophene rings is 1. The van der Waals surface area contributed by atoms with E-state index in [0.717, 1.165) is 16.9 Å². The number of thioether (sulfide) groups is 1. The molecule has 1 aromatic carbocycles. The van der Waals surface area contributed by atoms with Crippen LogP contribution in [0.25, 0.3) is 0 Å². The van der Waals surface area contributed by atoms with Gasteiger partial charge in [0.05, 0.1) is 15.8 Å². The molecular weight excluding hydrogens is 222 g/mol. The van der Waals surface area contributed by atoms with Crippen LogP contribution in [0.15, 0.2) is 46.0 Å². The van der Waals surface area contributed by atoms with E-state index < -0.39 is 0 Å². The summed E-state index contributed by atoms with van der Waals surface area (Å²) in [6, 6.07) is 14.1. The zero-order valence-corrected chi connectivity index (χ0v) is 9.65. The average Bonchev–Trinajstić information content (AvgIpc) is 2.79. The summed E-state index contributed by atoms with van der Waals surface area (Å²) in [6.07, 6.45) is 0. The van der Waals surface area contributed by atoms with Gasteiger partial charge in [0.25, 0.3) is 0 Å². The summed E-state index contributed by atoms with van der Waals surface area (Å²) >= 11 is 3.51. The second kappa shape index (κ2) is 5.01. The summed E-state index contributed by atoms with van der Waals surface area (Å²) in [5, 5.41) is 11.0. The number of rotatable bonds is 3. The molecule has 0 saturated heterocycles. The molecule has 0 unspecified atom stereocenters. The molecule has 0 fully saturated rings. The maximum atomic E-state index is 8.92. The van der Waals surface area contributed by atoms with E-state index in [-0.39, 0.29) is 0 Å². The summed E-state index contributed by atoms with van der Waals surface area (Å²) in [6.45, 7) is 0. The van der Waals surface area contributed by atoms with E-state index in [4.69, 9.17) is 5.26 Å². The van der Waals surface area contributed by atoms with E-state index in [9.17, 15) is 0 Å². The minimum Gasteiger partial charge on any atom is -0.192 e. The molecule has 0 spiro atoms. The number of nitriles is 1. The molecule has 0 aliphatic carbocycles. The highest BCUT2D eigenvalue weighted by atomic mass is 32.2. The zero-order chi connectivity index (χ0) is 10.5. The highest BCUT2D eigenvalue weighted by molar-refractivity contribution is 8.00. The third kappa shape index (κ3) is 2.62. The fraction of sp³-hybridized carbons (Fsp3) is 0.0833.